The van der Waals surface area contributed by atoms with E-state index < -0.39 is 5.92 Å². The first kappa shape index (κ1) is 9.74. The lowest BCUT2D eigenvalue weighted by Crippen LogP contribution is -2.40. The molecule has 0 amide bonds. The zero-order chi connectivity index (χ0) is 12.5. The van der Waals surface area contributed by atoms with Crippen LogP contribution in [0.2, 0.25) is 0 Å². The molecular formula is C10H13F2N3O. The SMILES string of the molecule is [2H]c1cc(OC)nc(N2CCC(F)(F)CC2)n1. The van der Waals surface area contributed by atoms with E-state index in [0.29, 0.717) is 0 Å². The van der Waals surface area contributed by atoms with Crippen LogP contribution < -0.4 is 9.64 Å². The Labute approximate surface area is 93.7 Å². The number of anilines is 1. The van der Waals surface area contributed by atoms with Crippen molar-refractivity contribution >= 4 is 5.95 Å². The maximum atomic E-state index is 13.0. The van der Waals surface area contributed by atoms with Crippen LogP contribution in [-0.2, 0) is 0 Å². The van der Waals surface area contributed by atoms with Crippen molar-refractivity contribution in [2.24, 2.45) is 0 Å². The Morgan fingerprint density at radius 2 is 2.19 bits per heavy atom. The molecule has 88 valence electrons. The van der Waals surface area contributed by atoms with E-state index >= 15 is 0 Å². The molecule has 6 heteroatoms. The zero-order valence-electron chi connectivity index (χ0n) is 9.91. The third kappa shape index (κ3) is 2.37. The highest BCUT2D eigenvalue weighted by Crippen LogP contribution is 2.29. The first-order valence-electron chi connectivity index (χ1n) is 5.53. The molecule has 1 aromatic heterocycles. The maximum Gasteiger partial charge on any atom is 0.251 e. The number of hydrogen-bond donors (Lipinski definition) is 0. The second-order valence-corrected chi connectivity index (χ2v) is 3.68. The first-order chi connectivity index (χ1) is 8.00. The Kier molecular flexibility index (Phi) is 2.55. The third-order valence-corrected chi connectivity index (χ3v) is 2.55. The number of nitrogens with zero attached hydrogens (tertiary/aromatic N) is 3. The molecule has 0 aliphatic carbocycles. The standard InChI is InChI=1S/C10H13F2N3O/c1-16-8-2-5-13-9(14-8)15-6-3-10(11,12)4-7-15/h2,5H,3-4,6-7H2,1H3/i5D. The average Bonchev–Trinajstić information content (AvgIpc) is 2.28. The molecule has 0 spiro atoms. The molecule has 0 unspecified atom stereocenters. The summed E-state index contributed by atoms with van der Waals surface area (Å²) >= 11 is 0. The number of hydrogen-bond acceptors (Lipinski definition) is 4. The van der Waals surface area contributed by atoms with E-state index in [1.54, 1.807) is 4.90 Å². The molecule has 0 bridgehead atoms. The summed E-state index contributed by atoms with van der Waals surface area (Å²) in [6.45, 7) is 0.388. The number of halogens is 2. The van der Waals surface area contributed by atoms with E-state index in [-0.39, 0.29) is 43.9 Å². The van der Waals surface area contributed by atoms with Gasteiger partial charge in [0, 0.05) is 38.2 Å². The molecule has 1 fully saturated rings. The Balaban J connectivity index is 2.15. The predicted octanol–water partition coefficient (Wildman–Crippen LogP) is 1.72. The smallest absolute Gasteiger partial charge is 0.251 e. The lowest BCUT2D eigenvalue weighted by molar-refractivity contribution is -0.0222. The fourth-order valence-electron chi connectivity index (χ4n) is 1.58. The lowest BCUT2D eigenvalue weighted by atomic mass is 10.1. The molecule has 2 rings (SSSR count). The minimum Gasteiger partial charge on any atom is -0.481 e. The fraction of sp³-hybridized carbons (Fsp3) is 0.600. The summed E-state index contributed by atoms with van der Waals surface area (Å²) in [4.78, 5) is 9.61. The van der Waals surface area contributed by atoms with Crippen molar-refractivity contribution in [3.05, 3.63) is 12.2 Å². The molecule has 0 aromatic carbocycles. The third-order valence-electron chi connectivity index (χ3n) is 2.55. The van der Waals surface area contributed by atoms with Crippen LogP contribution in [0.3, 0.4) is 0 Å². The second-order valence-electron chi connectivity index (χ2n) is 3.68. The van der Waals surface area contributed by atoms with Crippen LogP contribution in [0.1, 0.15) is 14.2 Å². The number of aromatic nitrogens is 2. The Bertz CT molecular complexity index is 407. The van der Waals surface area contributed by atoms with Crippen LogP contribution in [0.5, 0.6) is 5.88 Å². The minimum atomic E-state index is -2.60. The average molecular weight is 230 g/mol. The molecule has 0 radical (unpaired) electrons. The number of methoxy groups -OCH3 is 1. The van der Waals surface area contributed by atoms with E-state index in [1.165, 1.54) is 13.2 Å². The van der Waals surface area contributed by atoms with Gasteiger partial charge in [-0.3, -0.25) is 0 Å². The molecule has 0 atom stereocenters. The quantitative estimate of drug-likeness (QED) is 0.775. The van der Waals surface area contributed by atoms with Crippen LogP contribution in [0.25, 0.3) is 0 Å². The monoisotopic (exact) mass is 230 g/mol. The fourth-order valence-corrected chi connectivity index (χ4v) is 1.58. The van der Waals surface area contributed by atoms with Crippen LogP contribution in [-0.4, -0.2) is 36.1 Å². The van der Waals surface area contributed by atoms with Crippen molar-refractivity contribution in [2.75, 3.05) is 25.1 Å². The van der Waals surface area contributed by atoms with Crippen molar-refractivity contribution in [3.63, 3.8) is 0 Å². The van der Waals surface area contributed by atoms with Gasteiger partial charge in [0.15, 0.2) is 0 Å². The van der Waals surface area contributed by atoms with Gasteiger partial charge in [-0.1, -0.05) is 0 Å². The topological polar surface area (TPSA) is 38.2 Å². The van der Waals surface area contributed by atoms with Crippen LogP contribution in [0, 0.1) is 0 Å². The normalized spacial score (nSPS) is 20.4. The molecular weight excluding hydrogens is 216 g/mol. The maximum absolute atomic E-state index is 13.0. The van der Waals surface area contributed by atoms with E-state index in [9.17, 15) is 8.78 Å². The Morgan fingerprint density at radius 3 is 2.81 bits per heavy atom. The molecule has 4 nitrogen and oxygen atoms in total. The number of alkyl halides is 2. The summed E-state index contributed by atoms with van der Waals surface area (Å²) in [5.41, 5.74) is 0. The van der Waals surface area contributed by atoms with E-state index in [2.05, 4.69) is 9.97 Å². The highest BCUT2D eigenvalue weighted by atomic mass is 19.3. The van der Waals surface area contributed by atoms with E-state index in [4.69, 9.17) is 6.11 Å². The van der Waals surface area contributed by atoms with Gasteiger partial charge in [-0.05, 0) is 0 Å². The summed E-state index contributed by atoms with van der Waals surface area (Å²) in [6.07, 6.45) is -0.397. The molecule has 2 heterocycles. The number of ether oxygens (including phenoxy) is 1. The Hall–Kier alpha value is -1.46. The van der Waals surface area contributed by atoms with Crippen LogP contribution in [0.4, 0.5) is 14.7 Å². The van der Waals surface area contributed by atoms with Crippen LogP contribution in [0.15, 0.2) is 12.2 Å². The highest BCUT2D eigenvalue weighted by molar-refractivity contribution is 5.32. The van der Waals surface area contributed by atoms with Gasteiger partial charge in [0.25, 0.3) is 5.92 Å². The van der Waals surface area contributed by atoms with Gasteiger partial charge in [-0.25, -0.2) is 13.8 Å². The van der Waals surface area contributed by atoms with Crippen molar-refractivity contribution in [2.45, 2.75) is 18.8 Å². The van der Waals surface area contributed by atoms with Crippen molar-refractivity contribution < 1.29 is 14.9 Å². The first-order valence-corrected chi connectivity index (χ1v) is 5.03. The molecule has 1 aliphatic rings. The summed E-state index contributed by atoms with van der Waals surface area (Å²) in [5.74, 6) is -2.04. The van der Waals surface area contributed by atoms with Crippen molar-refractivity contribution in [1.82, 2.24) is 9.97 Å². The molecule has 0 saturated carbocycles. The summed E-state index contributed by atoms with van der Waals surface area (Å²) in [6, 6.07) is 1.38. The van der Waals surface area contributed by atoms with Gasteiger partial charge in [0.2, 0.25) is 11.8 Å². The minimum absolute atomic E-state index is 0.0178. The summed E-state index contributed by atoms with van der Waals surface area (Å²) in [7, 11) is 1.44. The van der Waals surface area contributed by atoms with Gasteiger partial charge < -0.3 is 9.64 Å². The largest absolute Gasteiger partial charge is 0.481 e. The van der Waals surface area contributed by atoms with Gasteiger partial charge in [0.1, 0.15) is 0 Å². The molecule has 16 heavy (non-hydrogen) atoms. The summed E-state index contributed by atoms with van der Waals surface area (Å²) < 4.78 is 38.4. The van der Waals surface area contributed by atoms with Gasteiger partial charge in [-0.15, -0.1) is 0 Å². The Morgan fingerprint density at radius 1 is 1.50 bits per heavy atom. The molecule has 1 aliphatic heterocycles. The molecule has 1 aromatic rings. The van der Waals surface area contributed by atoms with Gasteiger partial charge in [-0.2, -0.15) is 4.98 Å². The van der Waals surface area contributed by atoms with Crippen LogP contribution >= 0.6 is 0 Å². The molecule has 0 N–H and O–H groups in total. The lowest BCUT2D eigenvalue weighted by Gasteiger charge is -2.31. The van der Waals surface area contributed by atoms with E-state index in [1.807, 2.05) is 0 Å². The van der Waals surface area contributed by atoms with Gasteiger partial charge >= 0.3 is 0 Å². The van der Waals surface area contributed by atoms with Crippen molar-refractivity contribution in [3.8, 4) is 5.88 Å². The highest BCUT2D eigenvalue weighted by Gasteiger charge is 2.34. The van der Waals surface area contributed by atoms with E-state index in [0.717, 1.165) is 0 Å². The second kappa shape index (κ2) is 4.19. The predicted molar refractivity (Wildman–Crippen MR) is 55.0 cm³/mol. The number of rotatable bonds is 2. The van der Waals surface area contributed by atoms with Gasteiger partial charge in [0.05, 0.1) is 8.48 Å². The summed E-state index contributed by atoms with van der Waals surface area (Å²) in [5, 5.41) is 0. The van der Waals surface area contributed by atoms with Crippen molar-refractivity contribution in [1.29, 1.82) is 0 Å². The number of piperidine rings is 1. The molecule has 1 saturated heterocycles. The zero-order valence-corrected chi connectivity index (χ0v) is 8.91.